The maximum absolute atomic E-state index is 12.0. The number of benzene rings is 1. The summed E-state index contributed by atoms with van der Waals surface area (Å²) in [5.41, 5.74) is 1.16. The van der Waals surface area contributed by atoms with E-state index < -0.39 is 0 Å². The normalized spacial score (nSPS) is 13.2. The van der Waals surface area contributed by atoms with Gasteiger partial charge in [-0.05, 0) is 31.9 Å². The van der Waals surface area contributed by atoms with Crippen LogP contribution in [0.3, 0.4) is 0 Å². The van der Waals surface area contributed by atoms with Crippen LogP contribution in [0, 0.1) is 0 Å². The van der Waals surface area contributed by atoms with Crippen LogP contribution in [-0.2, 0) is 4.79 Å². The molecule has 0 aliphatic rings. The summed E-state index contributed by atoms with van der Waals surface area (Å²) in [7, 11) is 0. The standard InChI is InChI=1S/C15H24N2O.ClH/c1-4-11-16-12(3)15(18)17-14(5-2)13-9-7-6-8-10-13;/h6-10,12,14,16H,4-5,11H2,1-3H3,(H,17,18);1H. The van der Waals surface area contributed by atoms with Crippen LogP contribution in [0.25, 0.3) is 0 Å². The van der Waals surface area contributed by atoms with Crippen LogP contribution in [0.15, 0.2) is 30.3 Å². The molecule has 108 valence electrons. The molecule has 2 N–H and O–H groups in total. The highest BCUT2D eigenvalue weighted by Crippen LogP contribution is 2.15. The van der Waals surface area contributed by atoms with E-state index in [2.05, 4.69) is 36.6 Å². The fraction of sp³-hybridized carbons (Fsp3) is 0.533. The minimum atomic E-state index is -0.136. The monoisotopic (exact) mass is 284 g/mol. The van der Waals surface area contributed by atoms with Gasteiger partial charge in [-0.1, -0.05) is 44.2 Å². The lowest BCUT2D eigenvalue weighted by atomic mass is 10.0. The van der Waals surface area contributed by atoms with Gasteiger partial charge in [-0.3, -0.25) is 4.79 Å². The fourth-order valence-corrected chi connectivity index (χ4v) is 1.86. The van der Waals surface area contributed by atoms with Crippen molar-refractivity contribution in [3.63, 3.8) is 0 Å². The molecular formula is C15H25ClN2O. The van der Waals surface area contributed by atoms with Gasteiger partial charge in [-0.15, -0.1) is 12.4 Å². The number of carbonyl (C=O) groups is 1. The number of amides is 1. The zero-order chi connectivity index (χ0) is 13.4. The summed E-state index contributed by atoms with van der Waals surface area (Å²) in [4.78, 5) is 12.0. The van der Waals surface area contributed by atoms with Crippen LogP contribution < -0.4 is 10.6 Å². The van der Waals surface area contributed by atoms with Crippen molar-refractivity contribution in [3.8, 4) is 0 Å². The van der Waals surface area contributed by atoms with Crippen LogP contribution in [0.2, 0.25) is 0 Å². The van der Waals surface area contributed by atoms with Crippen molar-refractivity contribution in [2.45, 2.75) is 45.7 Å². The lowest BCUT2D eigenvalue weighted by Gasteiger charge is -2.20. The first-order valence-electron chi connectivity index (χ1n) is 6.77. The van der Waals surface area contributed by atoms with E-state index in [9.17, 15) is 4.79 Å². The third-order valence-corrected chi connectivity index (χ3v) is 3.02. The second-order valence-corrected chi connectivity index (χ2v) is 4.56. The summed E-state index contributed by atoms with van der Waals surface area (Å²) < 4.78 is 0. The molecule has 0 heterocycles. The summed E-state index contributed by atoms with van der Waals surface area (Å²) in [5.74, 6) is 0.0687. The molecule has 2 atom stereocenters. The summed E-state index contributed by atoms with van der Waals surface area (Å²) in [5, 5.41) is 6.29. The molecule has 1 amide bonds. The average molecular weight is 285 g/mol. The maximum Gasteiger partial charge on any atom is 0.237 e. The van der Waals surface area contributed by atoms with Gasteiger partial charge >= 0.3 is 0 Å². The maximum atomic E-state index is 12.0. The number of halogens is 1. The van der Waals surface area contributed by atoms with Gasteiger partial charge in [0.2, 0.25) is 5.91 Å². The minimum Gasteiger partial charge on any atom is -0.348 e. The molecule has 4 heteroatoms. The minimum absolute atomic E-state index is 0. The summed E-state index contributed by atoms with van der Waals surface area (Å²) in [6.07, 6.45) is 1.93. The fourth-order valence-electron chi connectivity index (χ4n) is 1.86. The molecule has 0 aliphatic carbocycles. The highest BCUT2D eigenvalue weighted by atomic mass is 35.5. The SMILES string of the molecule is CCCNC(C)C(=O)NC(CC)c1ccccc1.Cl. The molecule has 0 fully saturated rings. The molecule has 1 aromatic carbocycles. The van der Waals surface area contributed by atoms with Gasteiger partial charge in [0.05, 0.1) is 12.1 Å². The van der Waals surface area contributed by atoms with Gasteiger partial charge in [0.1, 0.15) is 0 Å². The van der Waals surface area contributed by atoms with Gasteiger partial charge in [0, 0.05) is 0 Å². The number of carbonyl (C=O) groups excluding carboxylic acids is 1. The van der Waals surface area contributed by atoms with E-state index in [1.54, 1.807) is 0 Å². The Morgan fingerprint density at radius 1 is 1.21 bits per heavy atom. The summed E-state index contributed by atoms with van der Waals surface area (Å²) >= 11 is 0. The molecule has 3 nitrogen and oxygen atoms in total. The Hall–Kier alpha value is -1.06. The van der Waals surface area contributed by atoms with Gasteiger partial charge in [0.25, 0.3) is 0 Å². The van der Waals surface area contributed by atoms with E-state index >= 15 is 0 Å². The van der Waals surface area contributed by atoms with Crippen LogP contribution in [0.4, 0.5) is 0 Å². The van der Waals surface area contributed by atoms with E-state index in [-0.39, 0.29) is 30.4 Å². The van der Waals surface area contributed by atoms with Crippen molar-refractivity contribution in [2.75, 3.05) is 6.54 Å². The van der Waals surface area contributed by atoms with E-state index in [1.807, 2.05) is 25.1 Å². The van der Waals surface area contributed by atoms with E-state index in [0.717, 1.165) is 24.9 Å². The largest absolute Gasteiger partial charge is 0.348 e. The Balaban J connectivity index is 0.00000324. The number of rotatable bonds is 7. The Morgan fingerprint density at radius 3 is 2.37 bits per heavy atom. The molecule has 2 unspecified atom stereocenters. The van der Waals surface area contributed by atoms with Crippen LogP contribution >= 0.6 is 12.4 Å². The molecular weight excluding hydrogens is 260 g/mol. The first-order chi connectivity index (χ1) is 8.69. The number of hydrogen-bond acceptors (Lipinski definition) is 2. The van der Waals surface area contributed by atoms with Crippen molar-refractivity contribution in [1.82, 2.24) is 10.6 Å². The highest BCUT2D eigenvalue weighted by Gasteiger charge is 2.16. The van der Waals surface area contributed by atoms with E-state index in [0.29, 0.717) is 0 Å². The van der Waals surface area contributed by atoms with Gasteiger partial charge in [-0.25, -0.2) is 0 Å². The Labute approximate surface area is 122 Å². The molecule has 0 saturated heterocycles. The molecule has 1 aromatic rings. The van der Waals surface area contributed by atoms with Crippen LogP contribution in [0.1, 0.15) is 45.2 Å². The Bertz CT molecular complexity index is 356. The second-order valence-electron chi connectivity index (χ2n) is 4.56. The third-order valence-electron chi connectivity index (χ3n) is 3.02. The topological polar surface area (TPSA) is 41.1 Å². The Kier molecular flexibility index (Phi) is 9.27. The first-order valence-corrected chi connectivity index (χ1v) is 6.77. The second kappa shape index (κ2) is 9.82. The molecule has 0 aromatic heterocycles. The molecule has 0 spiro atoms. The smallest absolute Gasteiger partial charge is 0.237 e. The average Bonchev–Trinajstić information content (AvgIpc) is 2.42. The number of nitrogens with one attached hydrogen (secondary N) is 2. The predicted molar refractivity (Wildman–Crippen MR) is 82.6 cm³/mol. The quantitative estimate of drug-likeness (QED) is 0.808. The van der Waals surface area contributed by atoms with Crippen molar-refractivity contribution in [1.29, 1.82) is 0 Å². The van der Waals surface area contributed by atoms with Crippen LogP contribution in [-0.4, -0.2) is 18.5 Å². The highest BCUT2D eigenvalue weighted by molar-refractivity contribution is 5.85. The van der Waals surface area contributed by atoms with Crippen molar-refractivity contribution < 1.29 is 4.79 Å². The summed E-state index contributed by atoms with van der Waals surface area (Å²) in [6.45, 7) is 6.96. The van der Waals surface area contributed by atoms with E-state index in [4.69, 9.17) is 0 Å². The van der Waals surface area contributed by atoms with Gasteiger partial charge in [0.15, 0.2) is 0 Å². The molecule has 19 heavy (non-hydrogen) atoms. The third kappa shape index (κ3) is 6.08. The van der Waals surface area contributed by atoms with E-state index in [1.165, 1.54) is 0 Å². The van der Waals surface area contributed by atoms with Crippen molar-refractivity contribution >= 4 is 18.3 Å². The lowest BCUT2D eigenvalue weighted by molar-refractivity contribution is -0.123. The summed E-state index contributed by atoms with van der Waals surface area (Å²) in [6, 6.07) is 10.1. The zero-order valence-electron chi connectivity index (χ0n) is 12.0. The zero-order valence-corrected chi connectivity index (χ0v) is 12.8. The molecule has 1 rings (SSSR count). The molecule has 0 aliphatic heterocycles. The molecule has 0 bridgehead atoms. The van der Waals surface area contributed by atoms with Gasteiger partial charge < -0.3 is 10.6 Å². The van der Waals surface area contributed by atoms with Crippen molar-refractivity contribution in [2.24, 2.45) is 0 Å². The number of hydrogen-bond donors (Lipinski definition) is 2. The lowest BCUT2D eigenvalue weighted by Crippen LogP contribution is -2.43. The molecule has 0 radical (unpaired) electrons. The van der Waals surface area contributed by atoms with Crippen LogP contribution in [0.5, 0.6) is 0 Å². The van der Waals surface area contributed by atoms with Gasteiger partial charge in [-0.2, -0.15) is 0 Å². The molecule has 0 saturated carbocycles. The predicted octanol–water partition coefficient (Wildman–Crippen LogP) is 3.06. The Morgan fingerprint density at radius 2 is 1.84 bits per heavy atom. The van der Waals surface area contributed by atoms with Crippen molar-refractivity contribution in [3.05, 3.63) is 35.9 Å². The first kappa shape index (κ1) is 17.9.